The van der Waals surface area contributed by atoms with E-state index in [0.29, 0.717) is 11.7 Å². The van der Waals surface area contributed by atoms with E-state index in [9.17, 15) is 4.79 Å². The van der Waals surface area contributed by atoms with Crippen LogP contribution in [0.2, 0.25) is 0 Å². The van der Waals surface area contributed by atoms with Crippen molar-refractivity contribution in [2.45, 2.75) is 58.3 Å². The number of imidazole rings is 1. The van der Waals surface area contributed by atoms with Gasteiger partial charge in [0, 0.05) is 43.0 Å². The van der Waals surface area contributed by atoms with Crippen molar-refractivity contribution in [1.29, 1.82) is 0 Å². The normalized spacial score (nSPS) is 24.4. The standard InChI is InChI=1S/C18H25N5O2/c1-11-9-19-10-23(11)14-4-6-22(7-5-14)18(24)17-15-8-12(2)25-13(3)16(15)20-21-17/h9-10,12-14H,4-8H2,1-3H3,(H,20,21)/t12-,13+/m1/s1. The Morgan fingerprint density at radius 3 is 2.76 bits per heavy atom. The fourth-order valence-corrected chi connectivity index (χ4v) is 4.10. The maximum atomic E-state index is 13.0. The van der Waals surface area contributed by atoms with Gasteiger partial charge in [-0.1, -0.05) is 0 Å². The molecule has 0 saturated carbocycles. The van der Waals surface area contributed by atoms with Gasteiger partial charge in [-0.25, -0.2) is 4.98 Å². The minimum absolute atomic E-state index is 0.0391. The van der Waals surface area contributed by atoms with Crippen LogP contribution >= 0.6 is 0 Å². The highest BCUT2D eigenvalue weighted by Crippen LogP contribution is 2.31. The van der Waals surface area contributed by atoms with Gasteiger partial charge in [0.15, 0.2) is 5.69 Å². The zero-order valence-corrected chi connectivity index (χ0v) is 15.0. The zero-order valence-electron chi connectivity index (χ0n) is 15.0. The van der Waals surface area contributed by atoms with Crippen LogP contribution in [0.5, 0.6) is 0 Å². The smallest absolute Gasteiger partial charge is 0.274 e. The average Bonchev–Trinajstić information content (AvgIpc) is 3.21. The van der Waals surface area contributed by atoms with E-state index in [1.807, 2.05) is 31.3 Å². The number of hydrogen-bond acceptors (Lipinski definition) is 4. The van der Waals surface area contributed by atoms with Crippen molar-refractivity contribution in [1.82, 2.24) is 24.6 Å². The number of nitrogens with one attached hydrogen (secondary N) is 1. The number of rotatable bonds is 2. The van der Waals surface area contributed by atoms with Gasteiger partial charge in [0.2, 0.25) is 0 Å². The number of aromatic amines is 1. The third-order valence-electron chi connectivity index (χ3n) is 5.44. The molecule has 4 rings (SSSR count). The molecule has 2 atom stereocenters. The molecule has 2 aliphatic rings. The fourth-order valence-electron chi connectivity index (χ4n) is 4.10. The summed E-state index contributed by atoms with van der Waals surface area (Å²) in [6.07, 6.45) is 6.49. The molecule has 1 saturated heterocycles. The number of likely N-dealkylation sites (tertiary alicyclic amines) is 1. The van der Waals surface area contributed by atoms with Crippen molar-refractivity contribution < 1.29 is 9.53 Å². The molecule has 7 heteroatoms. The molecule has 0 bridgehead atoms. The molecule has 134 valence electrons. The number of piperidine rings is 1. The number of nitrogens with zero attached hydrogens (tertiary/aromatic N) is 4. The molecule has 0 aliphatic carbocycles. The van der Waals surface area contributed by atoms with Crippen LogP contribution in [0.4, 0.5) is 0 Å². The number of carbonyl (C=O) groups is 1. The Morgan fingerprint density at radius 2 is 2.08 bits per heavy atom. The Balaban J connectivity index is 1.47. The molecule has 25 heavy (non-hydrogen) atoms. The summed E-state index contributed by atoms with van der Waals surface area (Å²) in [5.41, 5.74) is 3.73. The highest BCUT2D eigenvalue weighted by atomic mass is 16.5. The third kappa shape index (κ3) is 2.86. The summed E-state index contributed by atoms with van der Waals surface area (Å²) in [6, 6.07) is 0.424. The van der Waals surface area contributed by atoms with Crippen LogP contribution in [-0.2, 0) is 11.2 Å². The van der Waals surface area contributed by atoms with Crippen LogP contribution in [-0.4, -0.2) is 49.7 Å². The van der Waals surface area contributed by atoms with Gasteiger partial charge in [0.1, 0.15) is 0 Å². The van der Waals surface area contributed by atoms with E-state index in [1.54, 1.807) is 0 Å². The molecule has 2 aromatic heterocycles. The Morgan fingerprint density at radius 1 is 1.32 bits per heavy atom. The van der Waals surface area contributed by atoms with Gasteiger partial charge in [0.25, 0.3) is 5.91 Å². The summed E-state index contributed by atoms with van der Waals surface area (Å²) in [4.78, 5) is 19.1. The largest absolute Gasteiger partial charge is 0.369 e. The molecule has 1 N–H and O–H groups in total. The lowest BCUT2D eigenvalue weighted by atomic mass is 9.98. The zero-order chi connectivity index (χ0) is 17.6. The maximum absolute atomic E-state index is 13.0. The predicted octanol–water partition coefficient (Wildman–Crippen LogP) is 2.41. The highest BCUT2D eigenvalue weighted by Gasteiger charge is 2.33. The van der Waals surface area contributed by atoms with E-state index in [0.717, 1.165) is 43.6 Å². The van der Waals surface area contributed by atoms with Gasteiger partial charge >= 0.3 is 0 Å². The van der Waals surface area contributed by atoms with Crippen molar-refractivity contribution in [2.24, 2.45) is 0 Å². The number of amides is 1. The molecule has 0 spiro atoms. The first-order chi connectivity index (χ1) is 12.0. The minimum Gasteiger partial charge on any atom is -0.369 e. The van der Waals surface area contributed by atoms with Crippen LogP contribution in [0.3, 0.4) is 0 Å². The second-order valence-electron chi connectivity index (χ2n) is 7.22. The van der Waals surface area contributed by atoms with Crippen LogP contribution in [0, 0.1) is 6.92 Å². The minimum atomic E-state index is -0.0391. The Kier molecular flexibility index (Phi) is 4.11. The SMILES string of the molecule is Cc1cncn1C1CCN(C(=O)c2n[nH]c3c2C[C@@H](C)O[C@H]3C)CC1. The molecule has 2 aliphatic heterocycles. The van der Waals surface area contributed by atoms with Crippen LogP contribution in [0.25, 0.3) is 0 Å². The van der Waals surface area contributed by atoms with E-state index in [4.69, 9.17) is 4.74 Å². The predicted molar refractivity (Wildman–Crippen MR) is 92.4 cm³/mol. The lowest BCUT2D eigenvalue weighted by molar-refractivity contribution is -0.00703. The van der Waals surface area contributed by atoms with Gasteiger partial charge < -0.3 is 14.2 Å². The van der Waals surface area contributed by atoms with Crippen molar-refractivity contribution in [3.05, 3.63) is 35.2 Å². The van der Waals surface area contributed by atoms with Crippen molar-refractivity contribution in [3.63, 3.8) is 0 Å². The molecule has 1 fully saturated rings. The Bertz CT molecular complexity index is 772. The summed E-state index contributed by atoms with van der Waals surface area (Å²) in [5, 5.41) is 7.35. The lowest BCUT2D eigenvalue weighted by Crippen LogP contribution is -2.40. The van der Waals surface area contributed by atoms with Gasteiger partial charge in [-0.3, -0.25) is 9.89 Å². The number of H-pyrrole nitrogens is 1. The first-order valence-electron chi connectivity index (χ1n) is 9.05. The van der Waals surface area contributed by atoms with Gasteiger partial charge in [0.05, 0.1) is 24.2 Å². The van der Waals surface area contributed by atoms with E-state index >= 15 is 0 Å². The second kappa shape index (κ2) is 6.29. The van der Waals surface area contributed by atoms with Gasteiger partial charge in [-0.05, 0) is 33.6 Å². The Labute approximate surface area is 147 Å². The number of ether oxygens (including phenoxy) is 1. The summed E-state index contributed by atoms with van der Waals surface area (Å²) in [7, 11) is 0. The van der Waals surface area contributed by atoms with E-state index in [1.165, 1.54) is 5.69 Å². The summed E-state index contributed by atoms with van der Waals surface area (Å²) in [5.74, 6) is 0.0413. The molecule has 0 unspecified atom stereocenters. The van der Waals surface area contributed by atoms with Gasteiger partial charge in [-0.2, -0.15) is 5.10 Å². The van der Waals surface area contributed by atoms with Crippen LogP contribution < -0.4 is 0 Å². The van der Waals surface area contributed by atoms with Crippen molar-refractivity contribution in [2.75, 3.05) is 13.1 Å². The van der Waals surface area contributed by atoms with Crippen molar-refractivity contribution in [3.8, 4) is 0 Å². The Hall–Kier alpha value is -2.15. The van der Waals surface area contributed by atoms with Crippen LogP contribution in [0.1, 0.15) is 66.3 Å². The highest BCUT2D eigenvalue weighted by molar-refractivity contribution is 5.94. The number of aromatic nitrogens is 4. The molecule has 7 nitrogen and oxygen atoms in total. The van der Waals surface area contributed by atoms with E-state index in [-0.39, 0.29) is 18.1 Å². The second-order valence-corrected chi connectivity index (χ2v) is 7.22. The number of aryl methyl sites for hydroxylation is 1. The molecule has 2 aromatic rings. The summed E-state index contributed by atoms with van der Waals surface area (Å²) in [6.45, 7) is 7.62. The third-order valence-corrected chi connectivity index (χ3v) is 5.44. The molecular weight excluding hydrogens is 318 g/mol. The molecule has 4 heterocycles. The van der Waals surface area contributed by atoms with Crippen molar-refractivity contribution >= 4 is 5.91 Å². The fraction of sp³-hybridized carbons (Fsp3) is 0.611. The van der Waals surface area contributed by atoms with E-state index < -0.39 is 0 Å². The van der Waals surface area contributed by atoms with Gasteiger partial charge in [-0.15, -0.1) is 0 Å². The number of fused-ring (bicyclic) bond motifs is 1. The number of carbonyl (C=O) groups excluding carboxylic acids is 1. The molecular formula is C18H25N5O2. The quantitative estimate of drug-likeness (QED) is 0.908. The monoisotopic (exact) mass is 343 g/mol. The maximum Gasteiger partial charge on any atom is 0.274 e. The molecule has 0 radical (unpaired) electrons. The number of hydrogen-bond donors (Lipinski definition) is 1. The average molecular weight is 343 g/mol. The lowest BCUT2D eigenvalue weighted by Gasteiger charge is -2.33. The first kappa shape index (κ1) is 16.3. The molecule has 1 amide bonds. The molecule has 0 aromatic carbocycles. The summed E-state index contributed by atoms with van der Waals surface area (Å²) >= 11 is 0. The van der Waals surface area contributed by atoms with Crippen LogP contribution in [0.15, 0.2) is 12.5 Å². The topological polar surface area (TPSA) is 76.0 Å². The summed E-state index contributed by atoms with van der Waals surface area (Å²) < 4.78 is 8.03. The van der Waals surface area contributed by atoms with E-state index in [2.05, 4.69) is 26.7 Å². The first-order valence-corrected chi connectivity index (χ1v) is 9.05.